The molecule has 0 aromatic heterocycles. The van der Waals surface area contributed by atoms with E-state index in [0.717, 1.165) is 35.1 Å². The fraction of sp³-hybridized carbons (Fsp3) is 0.625. The van der Waals surface area contributed by atoms with Gasteiger partial charge in [-0.2, -0.15) is 0 Å². The first-order valence-corrected chi connectivity index (χ1v) is 8.03. The van der Waals surface area contributed by atoms with Crippen LogP contribution in [0.2, 0.25) is 0 Å². The highest BCUT2D eigenvalue weighted by Crippen LogP contribution is 2.29. The van der Waals surface area contributed by atoms with Gasteiger partial charge in [0.1, 0.15) is 5.75 Å². The van der Waals surface area contributed by atoms with Crippen LogP contribution in [0.3, 0.4) is 0 Å². The Balaban J connectivity index is 1.84. The van der Waals surface area contributed by atoms with E-state index in [1.165, 1.54) is 31.2 Å². The van der Waals surface area contributed by atoms with Crippen LogP contribution in [0.1, 0.15) is 38.2 Å². The van der Waals surface area contributed by atoms with E-state index in [2.05, 4.69) is 40.3 Å². The highest BCUT2D eigenvalue weighted by molar-refractivity contribution is 9.10. The van der Waals surface area contributed by atoms with E-state index in [1.54, 1.807) is 7.11 Å². The van der Waals surface area contributed by atoms with Crippen molar-refractivity contribution < 1.29 is 4.74 Å². The Kier molecular flexibility index (Phi) is 5.71. The lowest BCUT2D eigenvalue weighted by Crippen LogP contribution is -2.29. The summed E-state index contributed by atoms with van der Waals surface area (Å²) < 4.78 is 6.43. The van der Waals surface area contributed by atoms with E-state index < -0.39 is 0 Å². The topological polar surface area (TPSA) is 21.3 Å². The number of hydrogen-bond acceptors (Lipinski definition) is 2. The van der Waals surface area contributed by atoms with Crippen LogP contribution in [0.4, 0.5) is 0 Å². The van der Waals surface area contributed by atoms with E-state index in [9.17, 15) is 0 Å². The van der Waals surface area contributed by atoms with Gasteiger partial charge in [-0.05, 0) is 48.6 Å². The van der Waals surface area contributed by atoms with Crippen LogP contribution >= 0.6 is 15.9 Å². The summed E-state index contributed by atoms with van der Waals surface area (Å²) in [6.45, 7) is 4.43. The Morgan fingerprint density at radius 2 is 2.11 bits per heavy atom. The molecule has 0 amide bonds. The van der Waals surface area contributed by atoms with Gasteiger partial charge >= 0.3 is 0 Å². The normalized spacial score (nSPS) is 23.3. The molecule has 0 radical (unpaired) electrons. The summed E-state index contributed by atoms with van der Waals surface area (Å²) in [6, 6.07) is 6.14. The molecule has 1 aromatic carbocycles. The summed E-state index contributed by atoms with van der Waals surface area (Å²) in [6.07, 6.45) is 5.60. The molecule has 0 bridgehead atoms. The lowest BCUT2D eigenvalue weighted by atomic mass is 9.80. The summed E-state index contributed by atoms with van der Waals surface area (Å²) in [5.41, 5.74) is 1.27. The number of rotatable bonds is 5. The second kappa shape index (κ2) is 7.30. The molecule has 2 unspecified atom stereocenters. The molecule has 1 aliphatic carbocycles. The molecule has 19 heavy (non-hydrogen) atoms. The highest BCUT2D eigenvalue weighted by atomic mass is 79.9. The molecule has 2 nitrogen and oxygen atoms in total. The van der Waals surface area contributed by atoms with E-state index in [4.69, 9.17) is 4.74 Å². The molecule has 1 aliphatic rings. The largest absolute Gasteiger partial charge is 0.497 e. The third kappa shape index (κ3) is 4.22. The summed E-state index contributed by atoms with van der Waals surface area (Å²) >= 11 is 3.60. The zero-order valence-corrected chi connectivity index (χ0v) is 13.5. The van der Waals surface area contributed by atoms with Crippen molar-refractivity contribution in [2.24, 2.45) is 11.8 Å². The van der Waals surface area contributed by atoms with Crippen molar-refractivity contribution in [3.63, 3.8) is 0 Å². The minimum atomic E-state index is 0.845. The second-order valence-corrected chi connectivity index (χ2v) is 6.46. The van der Waals surface area contributed by atoms with Crippen molar-refractivity contribution in [3.05, 3.63) is 28.2 Å². The molecule has 2 atom stereocenters. The lowest BCUT2D eigenvalue weighted by molar-refractivity contribution is 0.247. The first-order valence-electron chi connectivity index (χ1n) is 7.24. The second-order valence-electron chi connectivity index (χ2n) is 5.61. The third-order valence-corrected chi connectivity index (χ3v) is 5.04. The smallest absolute Gasteiger partial charge is 0.119 e. The fourth-order valence-electron chi connectivity index (χ4n) is 2.90. The number of halogens is 1. The standard InChI is InChI=1S/C16H24BrNO/c1-12-5-3-4-6-13(12)10-18-11-14-9-15(19-2)7-8-16(14)17/h7-9,12-13,18H,3-6,10-11H2,1-2H3. The molecule has 0 aliphatic heterocycles. The maximum absolute atomic E-state index is 5.27. The molecule has 0 heterocycles. The maximum Gasteiger partial charge on any atom is 0.119 e. The maximum atomic E-state index is 5.27. The molecule has 3 heteroatoms. The number of ether oxygens (including phenoxy) is 1. The van der Waals surface area contributed by atoms with Crippen molar-refractivity contribution in [1.82, 2.24) is 5.32 Å². The summed E-state index contributed by atoms with van der Waals surface area (Å²) in [4.78, 5) is 0. The molecule has 1 aromatic rings. The Labute approximate surface area is 125 Å². The predicted octanol–water partition coefficient (Wildman–Crippen LogP) is 4.37. The van der Waals surface area contributed by atoms with Crippen molar-refractivity contribution in [3.8, 4) is 5.75 Å². The first kappa shape index (κ1) is 14.9. The average Bonchev–Trinajstić information content (AvgIpc) is 2.43. The molecule has 2 rings (SSSR count). The summed E-state index contributed by atoms with van der Waals surface area (Å²) in [7, 11) is 1.71. The quantitative estimate of drug-likeness (QED) is 0.867. The minimum absolute atomic E-state index is 0.845. The van der Waals surface area contributed by atoms with Gasteiger partial charge in [-0.1, -0.05) is 42.1 Å². The molecule has 0 spiro atoms. The molecule has 1 saturated carbocycles. The Morgan fingerprint density at radius 1 is 1.32 bits per heavy atom. The highest BCUT2D eigenvalue weighted by Gasteiger charge is 2.20. The Bertz CT molecular complexity index is 408. The van der Waals surface area contributed by atoms with Gasteiger partial charge in [0.05, 0.1) is 7.11 Å². The average molecular weight is 326 g/mol. The number of benzene rings is 1. The van der Waals surface area contributed by atoms with Crippen molar-refractivity contribution in [2.45, 2.75) is 39.2 Å². The van der Waals surface area contributed by atoms with Crippen LogP contribution in [0, 0.1) is 11.8 Å². The number of hydrogen-bond donors (Lipinski definition) is 1. The van der Waals surface area contributed by atoms with Gasteiger partial charge < -0.3 is 10.1 Å². The third-order valence-electron chi connectivity index (χ3n) is 4.26. The molecular weight excluding hydrogens is 302 g/mol. The van der Waals surface area contributed by atoms with Crippen LogP contribution < -0.4 is 10.1 Å². The van der Waals surface area contributed by atoms with E-state index >= 15 is 0 Å². The van der Waals surface area contributed by atoms with Crippen LogP contribution in [0.5, 0.6) is 5.75 Å². The summed E-state index contributed by atoms with van der Waals surface area (Å²) in [5.74, 6) is 2.64. The van der Waals surface area contributed by atoms with Crippen molar-refractivity contribution in [1.29, 1.82) is 0 Å². The molecule has 1 fully saturated rings. The van der Waals surface area contributed by atoms with Crippen molar-refractivity contribution in [2.75, 3.05) is 13.7 Å². The van der Waals surface area contributed by atoms with Gasteiger partial charge in [0.15, 0.2) is 0 Å². The number of methoxy groups -OCH3 is 1. The molecule has 1 N–H and O–H groups in total. The summed E-state index contributed by atoms with van der Waals surface area (Å²) in [5, 5.41) is 3.61. The predicted molar refractivity (Wildman–Crippen MR) is 83.5 cm³/mol. The van der Waals surface area contributed by atoms with Gasteiger partial charge in [-0.3, -0.25) is 0 Å². The Hall–Kier alpha value is -0.540. The molecule has 0 saturated heterocycles. The van der Waals surface area contributed by atoms with E-state index in [-0.39, 0.29) is 0 Å². The van der Waals surface area contributed by atoms with Crippen molar-refractivity contribution >= 4 is 15.9 Å². The fourth-order valence-corrected chi connectivity index (χ4v) is 3.29. The van der Waals surface area contributed by atoms with Gasteiger partial charge in [-0.25, -0.2) is 0 Å². The zero-order chi connectivity index (χ0) is 13.7. The Morgan fingerprint density at radius 3 is 2.84 bits per heavy atom. The molecule has 106 valence electrons. The van der Waals surface area contributed by atoms with Gasteiger partial charge in [0, 0.05) is 11.0 Å². The zero-order valence-electron chi connectivity index (χ0n) is 11.9. The molecular formula is C16H24BrNO. The van der Waals surface area contributed by atoms with Crippen LogP contribution in [-0.2, 0) is 6.54 Å². The first-order chi connectivity index (χ1) is 9.20. The van der Waals surface area contributed by atoms with Crippen LogP contribution in [0.25, 0.3) is 0 Å². The van der Waals surface area contributed by atoms with E-state index in [0.29, 0.717) is 0 Å². The number of nitrogens with one attached hydrogen (secondary N) is 1. The van der Waals surface area contributed by atoms with Gasteiger partial charge in [0.2, 0.25) is 0 Å². The lowest BCUT2D eigenvalue weighted by Gasteiger charge is -2.29. The monoisotopic (exact) mass is 325 g/mol. The SMILES string of the molecule is COc1ccc(Br)c(CNCC2CCCCC2C)c1. The van der Waals surface area contributed by atoms with Crippen LogP contribution in [0.15, 0.2) is 22.7 Å². The minimum Gasteiger partial charge on any atom is -0.497 e. The van der Waals surface area contributed by atoms with Crippen LogP contribution in [-0.4, -0.2) is 13.7 Å². The van der Waals surface area contributed by atoms with E-state index in [1.807, 2.05) is 6.07 Å². The van der Waals surface area contributed by atoms with Gasteiger partial charge in [0.25, 0.3) is 0 Å². The van der Waals surface area contributed by atoms with Gasteiger partial charge in [-0.15, -0.1) is 0 Å².